The van der Waals surface area contributed by atoms with Gasteiger partial charge in [-0.3, -0.25) is 0 Å². The standard InChI is InChI=1S/C6H8Cl3F3O/c1-3(2-13)4(7)5(8,9)6(10,11)12/h3-4,13H,2H2,1H3. The van der Waals surface area contributed by atoms with Gasteiger partial charge >= 0.3 is 6.18 Å². The Morgan fingerprint density at radius 3 is 1.92 bits per heavy atom. The molecule has 0 aliphatic heterocycles. The number of hydrogen-bond donors (Lipinski definition) is 1. The lowest BCUT2D eigenvalue weighted by Gasteiger charge is -2.30. The molecular formula is C6H8Cl3F3O. The number of aliphatic hydroxyl groups is 1. The predicted octanol–water partition coefficient (Wildman–Crippen LogP) is 2.96. The van der Waals surface area contributed by atoms with Gasteiger partial charge in [-0.15, -0.1) is 11.6 Å². The first-order chi connectivity index (χ1) is 5.64. The van der Waals surface area contributed by atoms with Crippen molar-refractivity contribution in [1.82, 2.24) is 0 Å². The topological polar surface area (TPSA) is 20.2 Å². The van der Waals surface area contributed by atoms with Gasteiger partial charge in [0.25, 0.3) is 0 Å². The largest absolute Gasteiger partial charge is 0.422 e. The van der Waals surface area contributed by atoms with Crippen molar-refractivity contribution in [2.45, 2.75) is 22.8 Å². The van der Waals surface area contributed by atoms with Crippen molar-refractivity contribution in [1.29, 1.82) is 0 Å². The SMILES string of the molecule is CC(CO)C(Cl)C(Cl)(Cl)C(F)(F)F. The van der Waals surface area contributed by atoms with Gasteiger partial charge in [0.2, 0.25) is 4.33 Å². The summed E-state index contributed by atoms with van der Waals surface area (Å²) in [6.07, 6.45) is -4.81. The summed E-state index contributed by atoms with van der Waals surface area (Å²) in [6.45, 7) is 0.814. The van der Waals surface area contributed by atoms with E-state index in [0.717, 1.165) is 0 Å². The molecule has 0 aliphatic carbocycles. The van der Waals surface area contributed by atoms with Crippen LogP contribution in [-0.2, 0) is 0 Å². The fraction of sp³-hybridized carbons (Fsp3) is 1.00. The van der Waals surface area contributed by atoms with E-state index in [0.29, 0.717) is 0 Å². The maximum Gasteiger partial charge on any atom is 0.422 e. The molecule has 0 amide bonds. The summed E-state index contributed by atoms with van der Waals surface area (Å²) in [4.78, 5) is 0. The number of hydrogen-bond acceptors (Lipinski definition) is 1. The summed E-state index contributed by atoms with van der Waals surface area (Å²) in [6, 6.07) is 0. The first-order valence-corrected chi connectivity index (χ1v) is 4.53. The summed E-state index contributed by atoms with van der Waals surface area (Å²) in [7, 11) is 0. The van der Waals surface area contributed by atoms with Crippen molar-refractivity contribution in [2.24, 2.45) is 5.92 Å². The summed E-state index contributed by atoms with van der Waals surface area (Å²) in [5.74, 6) is -0.835. The molecule has 0 bridgehead atoms. The van der Waals surface area contributed by atoms with Crippen molar-refractivity contribution in [3.05, 3.63) is 0 Å². The molecule has 0 saturated heterocycles. The molecule has 0 rings (SSSR count). The van der Waals surface area contributed by atoms with Gasteiger partial charge in [-0.05, 0) is 5.92 Å². The first kappa shape index (κ1) is 13.6. The minimum Gasteiger partial charge on any atom is -0.396 e. The molecule has 0 fully saturated rings. The van der Waals surface area contributed by atoms with E-state index in [1.807, 2.05) is 0 Å². The van der Waals surface area contributed by atoms with Crippen LogP contribution in [0.2, 0.25) is 0 Å². The summed E-state index contributed by atoms with van der Waals surface area (Å²) >= 11 is 15.4. The highest BCUT2D eigenvalue weighted by molar-refractivity contribution is 6.53. The van der Waals surface area contributed by atoms with E-state index in [2.05, 4.69) is 0 Å². The fourth-order valence-electron chi connectivity index (χ4n) is 0.606. The van der Waals surface area contributed by atoms with E-state index in [9.17, 15) is 13.2 Å². The van der Waals surface area contributed by atoms with Crippen molar-refractivity contribution in [3.63, 3.8) is 0 Å². The normalized spacial score (nSPS) is 18.5. The van der Waals surface area contributed by atoms with Crippen LogP contribution < -0.4 is 0 Å². The second-order valence-corrected chi connectivity index (χ2v) is 4.54. The lowest BCUT2D eigenvalue weighted by atomic mass is 10.1. The molecular weight excluding hydrogens is 251 g/mol. The molecule has 0 aromatic heterocycles. The van der Waals surface area contributed by atoms with Crippen LogP contribution in [0.3, 0.4) is 0 Å². The average molecular weight is 259 g/mol. The Morgan fingerprint density at radius 2 is 1.69 bits per heavy atom. The van der Waals surface area contributed by atoms with Crippen molar-refractivity contribution in [2.75, 3.05) is 6.61 Å². The molecule has 13 heavy (non-hydrogen) atoms. The van der Waals surface area contributed by atoms with Crippen LogP contribution in [0, 0.1) is 5.92 Å². The maximum atomic E-state index is 12.2. The highest BCUT2D eigenvalue weighted by Crippen LogP contribution is 2.46. The van der Waals surface area contributed by atoms with E-state index in [1.54, 1.807) is 0 Å². The van der Waals surface area contributed by atoms with E-state index in [1.165, 1.54) is 6.92 Å². The number of rotatable bonds is 3. The third-order valence-corrected chi connectivity index (χ3v) is 3.39. The molecule has 1 nitrogen and oxygen atoms in total. The van der Waals surface area contributed by atoms with Gasteiger partial charge in [-0.2, -0.15) is 13.2 Å². The highest BCUT2D eigenvalue weighted by atomic mass is 35.5. The van der Waals surface area contributed by atoms with Gasteiger partial charge in [0, 0.05) is 6.61 Å². The zero-order chi connectivity index (χ0) is 10.9. The van der Waals surface area contributed by atoms with Gasteiger partial charge in [0.15, 0.2) is 0 Å². The molecule has 0 heterocycles. The van der Waals surface area contributed by atoms with E-state index >= 15 is 0 Å². The molecule has 0 saturated carbocycles. The van der Waals surface area contributed by atoms with Crippen LogP contribution in [0.5, 0.6) is 0 Å². The Balaban J connectivity index is 4.63. The summed E-state index contributed by atoms with van der Waals surface area (Å²) in [5, 5.41) is 6.98. The van der Waals surface area contributed by atoms with E-state index < -0.39 is 28.4 Å². The van der Waals surface area contributed by atoms with Gasteiger partial charge in [-0.1, -0.05) is 30.1 Å². The van der Waals surface area contributed by atoms with Gasteiger partial charge in [-0.25, -0.2) is 0 Å². The van der Waals surface area contributed by atoms with Crippen LogP contribution in [0.1, 0.15) is 6.92 Å². The van der Waals surface area contributed by atoms with Crippen LogP contribution in [0.4, 0.5) is 13.2 Å². The smallest absolute Gasteiger partial charge is 0.396 e. The molecule has 7 heteroatoms. The van der Waals surface area contributed by atoms with Crippen LogP contribution >= 0.6 is 34.8 Å². The quantitative estimate of drug-likeness (QED) is 0.773. The second kappa shape index (κ2) is 4.43. The first-order valence-electron chi connectivity index (χ1n) is 3.34. The average Bonchev–Trinajstić information content (AvgIpc) is 1.99. The molecule has 2 unspecified atom stereocenters. The molecule has 0 spiro atoms. The van der Waals surface area contributed by atoms with Crippen molar-refractivity contribution < 1.29 is 18.3 Å². The molecule has 80 valence electrons. The molecule has 0 aromatic carbocycles. The summed E-state index contributed by atoms with van der Waals surface area (Å²) in [5.41, 5.74) is 0. The third-order valence-electron chi connectivity index (χ3n) is 1.51. The monoisotopic (exact) mass is 258 g/mol. The van der Waals surface area contributed by atoms with Crippen molar-refractivity contribution >= 4 is 34.8 Å². The zero-order valence-electron chi connectivity index (χ0n) is 6.58. The minimum absolute atomic E-state index is 0.508. The zero-order valence-corrected chi connectivity index (χ0v) is 8.84. The highest BCUT2D eigenvalue weighted by Gasteiger charge is 2.58. The molecule has 1 N–H and O–H groups in total. The Hall–Kier alpha value is 0.620. The van der Waals surface area contributed by atoms with E-state index in [4.69, 9.17) is 39.9 Å². The molecule has 0 aromatic rings. The number of halogens is 6. The number of aliphatic hydroxyl groups excluding tert-OH is 1. The Bertz CT molecular complexity index is 171. The van der Waals surface area contributed by atoms with Crippen LogP contribution in [-0.4, -0.2) is 27.6 Å². The molecule has 0 aliphatic rings. The number of alkyl halides is 6. The maximum absolute atomic E-state index is 12.2. The Morgan fingerprint density at radius 1 is 1.31 bits per heavy atom. The minimum atomic E-state index is -4.81. The Labute approximate surface area is 88.8 Å². The second-order valence-electron chi connectivity index (χ2n) is 2.68. The van der Waals surface area contributed by atoms with Gasteiger partial charge < -0.3 is 5.11 Å². The van der Waals surface area contributed by atoms with Crippen LogP contribution in [0.25, 0.3) is 0 Å². The molecule has 0 radical (unpaired) electrons. The van der Waals surface area contributed by atoms with Gasteiger partial charge in [0.05, 0.1) is 5.38 Å². The summed E-state index contributed by atoms with van der Waals surface area (Å²) < 4.78 is 33.4. The van der Waals surface area contributed by atoms with Crippen LogP contribution in [0.15, 0.2) is 0 Å². The van der Waals surface area contributed by atoms with Gasteiger partial charge in [0.1, 0.15) is 0 Å². The third kappa shape index (κ3) is 3.05. The predicted molar refractivity (Wildman–Crippen MR) is 46.4 cm³/mol. The lowest BCUT2D eigenvalue weighted by Crippen LogP contribution is -2.45. The van der Waals surface area contributed by atoms with E-state index in [-0.39, 0.29) is 0 Å². The molecule has 2 atom stereocenters. The Kier molecular flexibility index (Phi) is 4.64. The fourth-order valence-corrected chi connectivity index (χ4v) is 1.24. The lowest BCUT2D eigenvalue weighted by molar-refractivity contribution is -0.144. The van der Waals surface area contributed by atoms with Crippen molar-refractivity contribution in [3.8, 4) is 0 Å².